The van der Waals surface area contributed by atoms with Crippen molar-refractivity contribution in [1.29, 1.82) is 0 Å². The van der Waals surface area contributed by atoms with Gasteiger partial charge in [-0.3, -0.25) is 4.79 Å². The van der Waals surface area contributed by atoms with Gasteiger partial charge >= 0.3 is 0 Å². The van der Waals surface area contributed by atoms with Gasteiger partial charge in [0.15, 0.2) is 6.61 Å². The highest BCUT2D eigenvalue weighted by molar-refractivity contribution is 5.91. The Morgan fingerprint density at radius 1 is 1.09 bits per heavy atom. The Hall–Kier alpha value is -2.29. The van der Waals surface area contributed by atoms with E-state index in [0.29, 0.717) is 11.7 Å². The van der Waals surface area contributed by atoms with Gasteiger partial charge in [0.2, 0.25) is 0 Å². The van der Waals surface area contributed by atoms with Crippen molar-refractivity contribution in [1.82, 2.24) is 0 Å². The lowest BCUT2D eigenvalue weighted by Crippen LogP contribution is -2.20. The molecule has 2 rings (SSSR count). The lowest BCUT2D eigenvalue weighted by atomic mass is 9.99. The minimum absolute atomic E-state index is 0.0101. The maximum atomic E-state index is 11.9. The third kappa shape index (κ3) is 4.62. The van der Waals surface area contributed by atoms with Gasteiger partial charge in [0.05, 0.1) is 0 Å². The van der Waals surface area contributed by atoms with E-state index in [1.54, 1.807) is 0 Å². The molecule has 3 nitrogen and oxygen atoms in total. The molecule has 0 aliphatic heterocycles. The molecule has 0 heterocycles. The SMILES string of the molecule is CC[C@H](C)c1ccc(NC(=O)COc2ccc(C)cc2)cc1. The molecule has 0 aliphatic carbocycles. The van der Waals surface area contributed by atoms with E-state index >= 15 is 0 Å². The van der Waals surface area contributed by atoms with E-state index in [0.717, 1.165) is 17.7 Å². The van der Waals surface area contributed by atoms with Crippen LogP contribution in [0.3, 0.4) is 0 Å². The molecular weight excluding hydrogens is 274 g/mol. The van der Waals surface area contributed by atoms with Gasteiger partial charge in [-0.1, -0.05) is 43.7 Å². The average molecular weight is 297 g/mol. The molecule has 116 valence electrons. The van der Waals surface area contributed by atoms with Crippen LogP contribution in [0.15, 0.2) is 48.5 Å². The monoisotopic (exact) mass is 297 g/mol. The second-order valence-corrected chi connectivity index (χ2v) is 5.58. The molecule has 0 saturated heterocycles. The molecule has 0 unspecified atom stereocenters. The molecule has 2 aromatic rings. The van der Waals surface area contributed by atoms with Gasteiger partial charge in [-0.25, -0.2) is 0 Å². The van der Waals surface area contributed by atoms with Gasteiger partial charge in [-0.2, -0.15) is 0 Å². The van der Waals surface area contributed by atoms with E-state index < -0.39 is 0 Å². The van der Waals surface area contributed by atoms with E-state index in [9.17, 15) is 4.79 Å². The Morgan fingerprint density at radius 2 is 1.73 bits per heavy atom. The second-order valence-electron chi connectivity index (χ2n) is 5.58. The predicted octanol–water partition coefficient (Wildman–Crippen LogP) is 4.53. The Balaban J connectivity index is 1.85. The first-order chi connectivity index (χ1) is 10.6. The lowest BCUT2D eigenvalue weighted by molar-refractivity contribution is -0.118. The van der Waals surface area contributed by atoms with Crippen LogP contribution in [0.1, 0.15) is 37.3 Å². The molecule has 0 spiro atoms. The summed E-state index contributed by atoms with van der Waals surface area (Å²) in [6.07, 6.45) is 1.11. The smallest absolute Gasteiger partial charge is 0.262 e. The van der Waals surface area contributed by atoms with E-state index in [4.69, 9.17) is 4.74 Å². The first kappa shape index (κ1) is 16.1. The zero-order valence-corrected chi connectivity index (χ0v) is 13.4. The molecule has 1 amide bonds. The lowest BCUT2D eigenvalue weighted by Gasteiger charge is -2.11. The maximum Gasteiger partial charge on any atom is 0.262 e. The molecule has 0 bridgehead atoms. The predicted molar refractivity (Wildman–Crippen MR) is 90.5 cm³/mol. The number of rotatable bonds is 6. The molecule has 0 fully saturated rings. The molecule has 1 N–H and O–H groups in total. The van der Waals surface area contributed by atoms with Crippen LogP contribution in [0, 0.1) is 6.92 Å². The summed E-state index contributed by atoms with van der Waals surface area (Å²) in [5, 5.41) is 2.84. The van der Waals surface area contributed by atoms with Crippen molar-refractivity contribution in [3.05, 3.63) is 59.7 Å². The number of carbonyl (C=O) groups is 1. The molecular formula is C19H23NO2. The fourth-order valence-electron chi connectivity index (χ4n) is 2.11. The first-order valence-corrected chi connectivity index (χ1v) is 7.67. The number of amides is 1. The number of aryl methyl sites for hydroxylation is 1. The highest BCUT2D eigenvalue weighted by atomic mass is 16.5. The Morgan fingerprint density at radius 3 is 2.32 bits per heavy atom. The quantitative estimate of drug-likeness (QED) is 0.851. The van der Waals surface area contributed by atoms with Crippen LogP contribution < -0.4 is 10.1 Å². The van der Waals surface area contributed by atoms with Crippen LogP contribution in [0.4, 0.5) is 5.69 Å². The number of benzene rings is 2. The standard InChI is InChI=1S/C19H23NO2/c1-4-15(3)16-7-9-17(10-8-16)20-19(21)13-22-18-11-5-14(2)6-12-18/h5-12,15H,4,13H2,1-3H3,(H,20,21)/t15-/m0/s1. The summed E-state index contributed by atoms with van der Waals surface area (Å²) in [5.74, 6) is 1.08. The molecule has 22 heavy (non-hydrogen) atoms. The molecule has 0 aromatic heterocycles. The molecule has 0 saturated carbocycles. The summed E-state index contributed by atoms with van der Waals surface area (Å²) in [6.45, 7) is 6.39. The van der Waals surface area contributed by atoms with E-state index in [2.05, 4.69) is 31.3 Å². The maximum absolute atomic E-state index is 11.9. The number of hydrogen-bond acceptors (Lipinski definition) is 2. The van der Waals surface area contributed by atoms with Gasteiger partial charge in [0.1, 0.15) is 5.75 Å². The van der Waals surface area contributed by atoms with E-state index in [1.807, 2.05) is 43.3 Å². The van der Waals surface area contributed by atoms with Gasteiger partial charge in [-0.15, -0.1) is 0 Å². The van der Waals surface area contributed by atoms with Gasteiger partial charge in [-0.05, 0) is 49.1 Å². The summed E-state index contributed by atoms with van der Waals surface area (Å²) >= 11 is 0. The highest BCUT2D eigenvalue weighted by Gasteiger charge is 2.06. The third-order valence-corrected chi connectivity index (χ3v) is 3.77. The van der Waals surface area contributed by atoms with Crippen molar-refractivity contribution in [2.75, 3.05) is 11.9 Å². The van der Waals surface area contributed by atoms with Crippen LogP contribution in [-0.4, -0.2) is 12.5 Å². The number of ether oxygens (including phenoxy) is 1. The van der Waals surface area contributed by atoms with Gasteiger partial charge in [0, 0.05) is 5.69 Å². The molecule has 0 aliphatic rings. The number of carbonyl (C=O) groups excluding carboxylic acids is 1. The van der Waals surface area contributed by atoms with E-state index in [-0.39, 0.29) is 12.5 Å². The summed E-state index contributed by atoms with van der Waals surface area (Å²) < 4.78 is 5.46. The third-order valence-electron chi connectivity index (χ3n) is 3.77. The Labute approximate surface area is 132 Å². The van der Waals surface area contributed by atoms with Crippen molar-refractivity contribution in [3.63, 3.8) is 0 Å². The zero-order chi connectivity index (χ0) is 15.9. The van der Waals surface area contributed by atoms with Crippen molar-refractivity contribution >= 4 is 11.6 Å². The van der Waals surface area contributed by atoms with Crippen molar-refractivity contribution in [3.8, 4) is 5.75 Å². The van der Waals surface area contributed by atoms with Crippen molar-refractivity contribution in [2.45, 2.75) is 33.1 Å². The van der Waals surface area contributed by atoms with Crippen molar-refractivity contribution < 1.29 is 9.53 Å². The normalized spacial score (nSPS) is 11.8. The molecule has 3 heteroatoms. The Bertz CT molecular complexity index is 602. The number of anilines is 1. The molecule has 1 atom stereocenters. The topological polar surface area (TPSA) is 38.3 Å². The largest absolute Gasteiger partial charge is 0.484 e. The summed E-state index contributed by atoms with van der Waals surface area (Å²) in [6, 6.07) is 15.6. The van der Waals surface area contributed by atoms with E-state index in [1.165, 1.54) is 5.56 Å². The Kier molecular flexibility index (Phi) is 5.59. The van der Waals surface area contributed by atoms with Crippen LogP contribution in [0.25, 0.3) is 0 Å². The van der Waals surface area contributed by atoms with Crippen LogP contribution >= 0.6 is 0 Å². The van der Waals surface area contributed by atoms with Crippen LogP contribution in [0.2, 0.25) is 0 Å². The highest BCUT2D eigenvalue weighted by Crippen LogP contribution is 2.20. The zero-order valence-electron chi connectivity index (χ0n) is 13.4. The fraction of sp³-hybridized carbons (Fsp3) is 0.316. The van der Waals surface area contributed by atoms with Gasteiger partial charge < -0.3 is 10.1 Å². The minimum Gasteiger partial charge on any atom is -0.484 e. The van der Waals surface area contributed by atoms with Crippen LogP contribution in [0.5, 0.6) is 5.75 Å². The average Bonchev–Trinajstić information content (AvgIpc) is 2.54. The fourth-order valence-corrected chi connectivity index (χ4v) is 2.11. The first-order valence-electron chi connectivity index (χ1n) is 7.67. The number of hydrogen-bond donors (Lipinski definition) is 1. The second kappa shape index (κ2) is 7.64. The molecule has 2 aromatic carbocycles. The van der Waals surface area contributed by atoms with Gasteiger partial charge in [0.25, 0.3) is 5.91 Å². The van der Waals surface area contributed by atoms with Crippen LogP contribution in [-0.2, 0) is 4.79 Å². The summed E-state index contributed by atoms with van der Waals surface area (Å²) in [5.41, 5.74) is 3.25. The summed E-state index contributed by atoms with van der Waals surface area (Å²) in [7, 11) is 0. The molecule has 0 radical (unpaired) electrons. The summed E-state index contributed by atoms with van der Waals surface area (Å²) in [4.78, 5) is 11.9. The minimum atomic E-state index is -0.156. The van der Waals surface area contributed by atoms with Crippen molar-refractivity contribution in [2.24, 2.45) is 0 Å². The number of nitrogens with one attached hydrogen (secondary N) is 1.